The Morgan fingerprint density at radius 1 is 1.12 bits per heavy atom. The fourth-order valence-electron chi connectivity index (χ4n) is 3.60. The number of rotatable bonds is 7. The number of carbonyl (C=O) groups excluding carboxylic acids is 2. The van der Waals surface area contributed by atoms with Crippen molar-refractivity contribution in [2.45, 2.75) is 37.9 Å². The van der Waals surface area contributed by atoms with E-state index in [1.54, 1.807) is 31.2 Å². The SMILES string of the molecule is C[C@H](NC(=O)[C@H]1C[C@H](c2ccccc2)CN1)C(=O)NCc1ccc(C(=N)NC(=O)O)cc1. The van der Waals surface area contributed by atoms with Gasteiger partial charge in [-0.05, 0) is 30.4 Å². The molecule has 0 aliphatic carbocycles. The molecule has 1 fully saturated rings. The minimum Gasteiger partial charge on any atom is -0.465 e. The predicted molar refractivity (Wildman–Crippen MR) is 119 cm³/mol. The summed E-state index contributed by atoms with van der Waals surface area (Å²) < 4.78 is 0. The average molecular weight is 438 g/mol. The molecule has 2 aromatic carbocycles. The molecule has 0 aromatic heterocycles. The van der Waals surface area contributed by atoms with Crippen molar-refractivity contribution < 1.29 is 19.5 Å². The van der Waals surface area contributed by atoms with Crippen molar-refractivity contribution in [1.29, 1.82) is 5.41 Å². The molecule has 1 heterocycles. The molecule has 0 unspecified atom stereocenters. The second-order valence-electron chi connectivity index (χ2n) is 7.75. The van der Waals surface area contributed by atoms with Gasteiger partial charge in [0.2, 0.25) is 11.8 Å². The van der Waals surface area contributed by atoms with E-state index in [4.69, 9.17) is 10.5 Å². The van der Waals surface area contributed by atoms with Crippen molar-refractivity contribution in [1.82, 2.24) is 21.3 Å². The maximum Gasteiger partial charge on any atom is 0.410 e. The number of hydrogen-bond donors (Lipinski definition) is 6. The number of carbonyl (C=O) groups is 3. The molecule has 0 radical (unpaired) electrons. The van der Waals surface area contributed by atoms with Gasteiger partial charge in [0.15, 0.2) is 0 Å². The molecule has 1 aliphatic heterocycles. The molecule has 32 heavy (non-hydrogen) atoms. The smallest absolute Gasteiger partial charge is 0.410 e. The summed E-state index contributed by atoms with van der Waals surface area (Å²) in [5.41, 5.74) is 2.40. The van der Waals surface area contributed by atoms with Gasteiger partial charge in [-0.3, -0.25) is 20.3 Å². The molecule has 3 atom stereocenters. The molecule has 6 N–H and O–H groups in total. The maximum atomic E-state index is 12.6. The third kappa shape index (κ3) is 6.14. The van der Waals surface area contributed by atoms with Crippen LogP contribution < -0.4 is 21.3 Å². The molecule has 9 heteroatoms. The predicted octanol–water partition coefficient (Wildman–Crippen LogP) is 1.55. The van der Waals surface area contributed by atoms with Crippen LogP contribution in [0, 0.1) is 5.41 Å². The van der Waals surface area contributed by atoms with Crippen LogP contribution >= 0.6 is 0 Å². The lowest BCUT2D eigenvalue weighted by atomic mass is 9.96. The first-order chi connectivity index (χ1) is 15.3. The average Bonchev–Trinajstić information content (AvgIpc) is 3.28. The first kappa shape index (κ1) is 23.0. The van der Waals surface area contributed by atoms with Crippen LogP contribution in [0.15, 0.2) is 54.6 Å². The van der Waals surface area contributed by atoms with Gasteiger partial charge >= 0.3 is 6.09 Å². The van der Waals surface area contributed by atoms with Gasteiger partial charge in [0.05, 0.1) is 6.04 Å². The fraction of sp³-hybridized carbons (Fsp3) is 0.304. The minimum absolute atomic E-state index is 0.195. The van der Waals surface area contributed by atoms with Gasteiger partial charge in [-0.1, -0.05) is 54.6 Å². The minimum atomic E-state index is -1.30. The Morgan fingerprint density at radius 2 is 1.81 bits per heavy atom. The summed E-state index contributed by atoms with van der Waals surface area (Å²) in [6.45, 7) is 2.60. The number of benzene rings is 2. The Morgan fingerprint density at radius 3 is 2.47 bits per heavy atom. The lowest BCUT2D eigenvalue weighted by molar-refractivity contribution is -0.129. The van der Waals surface area contributed by atoms with Crippen LogP contribution in [0.5, 0.6) is 0 Å². The summed E-state index contributed by atoms with van der Waals surface area (Å²) in [6, 6.07) is 15.6. The van der Waals surface area contributed by atoms with E-state index in [0.29, 0.717) is 12.0 Å². The van der Waals surface area contributed by atoms with Gasteiger partial charge < -0.3 is 21.1 Å². The van der Waals surface area contributed by atoms with E-state index in [1.165, 1.54) is 5.56 Å². The molecule has 3 amide bonds. The molecule has 0 bridgehead atoms. The normalized spacial score (nSPS) is 18.4. The highest BCUT2D eigenvalue weighted by Crippen LogP contribution is 2.25. The maximum absolute atomic E-state index is 12.6. The van der Waals surface area contributed by atoms with E-state index < -0.39 is 12.1 Å². The summed E-state index contributed by atoms with van der Waals surface area (Å²) in [4.78, 5) is 35.6. The number of amides is 3. The number of hydrogen-bond acceptors (Lipinski definition) is 5. The van der Waals surface area contributed by atoms with Crippen LogP contribution in [0.25, 0.3) is 0 Å². The molecule has 9 nitrogen and oxygen atoms in total. The largest absolute Gasteiger partial charge is 0.465 e. The van der Waals surface area contributed by atoms with Gasteiger partial charge in [-0.15, -0.1) is 0 Å². The molecule has 3 rings (SSSR count). The zero-order chi connectivity index (χ0) is 23.1. The Labute approximate surface area is 186 Å². The zero-order valence-electron chi connectivity index (χ0n) is 17.7. The van der Waals surface area contributed by atoms with Crippen molar-refractivity contribution >= 4 is 23.7 Å². The number of carboxylic acid groups (broad SMARTS) is 1. The van der Waals surface area contributed by atoms with E-state index in [-0.39, 0.29) is 36.2 Å². The van der Waals surface area contributed by atoms with Crippen LogP contribution in [0.3, 0.4) is 0 Å². The summed E-state index contributed by atoms with van der Waals surface area (Å²) in [6.07, 6.45) is -0.617. The molecular weight excluding hydrogens is 410 g/mol. The van der Waals surface area contributed by atoms with E-state index in [9.17, 15) is 14.4 Å². The van der Waals surface area contributed by atoms with Crippen molar-refractivity contribution in [2.75, 3.05) is 6.54 Å². The van der Waals surface area contributed by atoms with Crippen LogP contribution in [0.1, 0.15) is 36.0 Å². The van der Waals surface area contributed by atoms with Crippen molar-refractivity contribution in [3.63, 3.8) is 0 Å². The fourth-order valence-corrected chi connectivity index (χ4v) is 3.60. The molecule has 0 spiro atoms. The van der Waals surface area contributed by atoms with Gasteiger partial charge in [0.1, 0.15) is 11.9 Å². The van der Waals surface area contributed by atoms with Crippen molar-refractivity contribution in [2.24, 2.45) is 0 Å². The van der Waals surface area contributed by atoms with Gasteiger partial charge in [0.25, 0.3) is 0 Å². The Kier molecular flexibility index (Phi) is 7.56. The van der Waals surface area contributed by atoms with Gasteiger partial charge in [-0.2, -0.15) is 0 Å². The van der Waals surface area contributed by atoms with Crippen molar-refractivity contribution in [3.05, 3.63) is 71.3 Å². The lowest BCUT2D eigenvalue weighted by Crippen LogP contribution is -2.49. The molecular formula is C23H27N5O4. The third-order valence-corrected chi connectivity index (χ3v) is 5.41. The second-order valence-corrected chi connectivity index (χ2v) is 7.75. The summed E-state index contributed by atoms with van der Waals surface area (Å²) in [7, 11) is 0. The highest BCUT2D eigenvalue weighted by molar-refractivity contribution is 6.04. The zero-order valence-corrected chi connectivity index (χ0v) is 17.7. The Bertz CT molecular complexity index is 978. The van der Waals surface area contributed by atoms with Gasteiger partial charge in [0, 0.05) is 18.7 Å². The number of nitrogens with one attached hydrogen (secondary N) is 5. The third-order valence-electron chi connectivity index (χ3n) is 5.41. The van der Waals surface area contributed by atoms with Gasteiger partial charge in [-0.25, -0.2) is 4.79 Å². The van der Waals surface area contributed by atoms with Crippen LogP contribution in [-0.4, -0.2) is 47.5 Å². The van der Waals surface area contributed by atoms with Crippen LogP contribution in [0.2, 0.25) is 0 Å². The van der Waals surface area contributed by atoms with Crippen molar-refractivity contribution in [3.8, 4) is 0 Å². The highest BCUT2D eigenvalue weighted by Gasteiger charge is 2.31. The summed E-state index contributed by atoms with van der Waals surface area (Å²) >= 11 is 0. The lowest BCUT2D eigenvalue weighted by Gasteiger charge is -2.17. The monoisotopic (exact) mass is 437 g/mol. The topological polar surface area (TPSA) is 143 Å². The second kappa shape index (κ2) is 10.5. The molecule has 0 saturated carbocycles. The highest BCUT2D eigenvalue weighted by atomic mass is 16.4. The molecule has 2 aromatic rings. The quantitative estimate of drug-likeness (QED) is 0.288. The number of amidine groups is 1. The molecule has 1 saturated heterocycles. The van der Waals surface area contributed by atoms with E-state index >= 15 is 0 Å². The molecule has 1 aliphatic rings. The Balaban J connectivity index is 1.44. The Hall–Kier alpha value is -3.72. The molecule has 168 valence electrons. The summed E-state index contributed by atoms with van der Waals surface area (Å²) in [5, 5.41) is 27.1. The van der Waals surface area contributed by atoms with E-state index in [0.717, 1.165) is 12.1 Å². The first-order valence-electron chi connectivity index (χ1n) is 10.4. The van der Waals surface area contributed by atoms with Crippen LogP contribution in [-0.2, 0) is 16.1 Å². The van der Waals surface area contributed by atoms with E-state index in [2.05, 4.69) is 28.1 Å². The standard InChI is InChI=1S/C23H27N5O4/c1-14(27-22(30)19-11-18(13-25-19)16-5-3-2-4-6-16)21(29)26-12-15-7-9-17(10-8-15)20(24)28-23(31)32/h2-10,14,18-19,25H,11-13H2,1H3,(H2,24,28)(H,26,29)(H,27,30)(H,31,32)/t14-,18-,19+/m0/s1. The van der Waals surface area contributed by atoms with Crippen LogP contribution in [0.4, 0.5) is 4.79 Å². The first-order valence-corrected chi connectivity index (χ1v) is 10.4. The summed E-state index contributed by atoms with van der Waals surface area (Å²) in [5.74, 6) is -0.453. The van der Waals surface area contributed by atoms with E-state index in [1.807, 2.05) is 23.5 Å².